The third kappa shape index (κ3) is 3.97. The molecule has 0 aliphatic rings. The van der Waals surface area contributed by atoms with Gasteiger partial charge in [0.2, 0.25) is 0 Å². The zero-order chi connectivity index (χ0) is 15.9. The van der Waals surface area contributed by atoms with Gasteiger partial charge < -0.3 is 9.88 Å². The average molecular weight is 308 g/mol. The van der Waals surface area contributed by atoms with E-state index >= 15 is 0 Å². The maximum absolute atomic E-state index is 12.0. The normalized spacial score (nSPS) is 10.4. The number of hydrogen-bond acceptors (Lipinski definition) is 5. The molecule has 1 aromatic carbocycles. The van der Waals surface area contributed by atoms with Crippen molar-refractivity contribution >= 4 is 5.91 Å². The zero-order valence-electron chi connectivity index (χ0n) is 12.5. The summed E-state index contributed by atoms with van der Waals surface area (Å²) in [5, 5.41) is 10.8. The van der Waals surface area contributed by atoms with Gasteiger partial charge in [0.15, 0.2) is 5.82 Å². The standard InChI is InChI=1S/C16H16N6O/c23-16(14-10-17-7-8-18-14)19-11-15-21-20-12-22(15)9-6-13-4-2-1-3-5-13/h1-5,7-8,10,12H,6,9,11H2,(H,19,23). The molecular formula is C16H16N6O. The van der Waals surface area contributed by atoms with Gasteiger partial charge in [0, 0.05) is 18.9 Å². The number of nitrogens with zero attached hydrogens (tertiary/aromatic N) is 5. The van der Waals surface area contributed by atoms with E-state index in [0.717, 1.165) is 13.0 Å². The predicted molar refractivity (Wildman–Crippen MR) is 83.4 cm³/mol. The molecule has 1 N–H and O–H groups in total. The van der Waals surface area contributed by atoms with Crippen LogP contribution in [0.3, 0.4) is 0 Å². The molecule has 0 fully saturated rings. The van der Waals surface area contributed by atoms with Gasteiger partial charge >= 0.3 is 0 Å². The summed E-state index contributed by atoms with van der Waals surface area (Å²) in [6.07, 6.45) is 6.99. The highest BCUT2D eigenvalue weighted by Crippen LogP contribution is 2.03. The summed E-state index contributed by atoms with van der Waals surface area (Å²) in [7, 11) is 0. The summed E-state index contributed by atoms with van der Waals surface area (Å²) in [4.78, 5) is 19.8. The van der Waals surface area contributed by atoms with Gasteiger partial charge in [0.05, 0.1) is 12.7 Å². The van der Waals surface area contributed by atoms with Crippen molar-refractivity contribution in [3.8, 4) is 0 Å². The first-order valence-corrected chi connectivity index (χ1v) is 7.28. The molecule has 23 heavy (non-hydrogen) atoms. The molecule has 0 aliphatic carbocycles. The predicted octanol–water partition coefficient (Wildman–Crippen LogP) is 1.24. The van der Waals surface area contributed by atoms with Gasteiger partial charge in [-0.2, -0.15) is 0 Å². The third-order valence-corrected chi connectivity index (χ3v) is 3.38. The molecule has 0 spiro atoms. The second-order valence-corrected chi connectivity index (χ2v) is 4.95. The van der Waals surface area contributed by atoms with Gasteiger partial charge in [-0.3, -0.25) is 9.78 Å². The van der Waals surface area contributed by atoms with Crippen LogP contribution in [0.2, 0.25) is 0 Å². The minimum absolute atomic E-state index is 0.280. The molecule has 0 aliphatic heterocycles. The van der Waals surface area contributed by atoms with Gasteiger partial charge in [-0.15, -0.1) is 10.2 Å². The quantitative estimate of drug-likeness (QED) is 0.740. The van der Waals surface area contributed by atoms with Crippen molar-refractivity contribution in [3.05, 3.63) is 72.3 Å². The van der Waals surface area contributed by atoms with E-state index in [1.165, 1.54) is 24.2 Å². The third-order valence-electron chi connectivity index (χ3n) is 3.38. The summed E-state index contributed by atoms with van der Waals surface area (Å²) >= 11 is 0. The number of aryl methyl sites for hydroxylation is 2. The molecule has 116 valence electrons. The Bertz CT molecular complexity index is 757. The number of benzene rings is 1. The molecule has 0 atom stereocenters. The Labute approximate surface area is 133 Å². The Morgan fingerprint density at radius 3 is 2.83 bits per heavy atom. The molecule has 0 bridgehead atoms. The Morgan fingerprint density at radius 1 is 1.17 bits per heavy atom. The number of amides is 1. The van der Waals surface area contributed by atoms with Gasteiger partial charge in [-0.1, -0.05) is 30.3 Å². The van der Waals surface area contributed by atoms with E-state index in [1.807, 2.05) is 22.8 Å². The second kappa shape index (κ2) is 7.26. The Morgan fingerprint density at radius 2 is 2.04 bits per heavy atom. The highest BCUT2D eigenvalue weighted by Gasteiger charge is 2.09. The number of aromatic nitrogens is 5. The van der Waals surface area contributed by atoms with E-state index in [-0.39, 0.29) is 11.6 Å². The number of nitrogens with one attached hydrogen (secondary N) is 1. The molecule has 0 saturated carbocycles. The van der Waals surface area contributed by atoms with E-state index < -0.39 is 0 Å². The fraction of sp³-hybridized carbons (Fsp3) is 0.188. The molecule has 0 saturated heterocycles. The maximum atomic E-state index is 12.0. The highest BCUT2D eigenvalue weighted by atomic mass is 16.1. The summed E-state index contributed by atoms with van der Waals surface area (Å²) in [6, 6.07) is 10.2. The van der Waals surface area contributed by atoms with E-state index in [1.54, 1.807) is 6.33 Å². The number of carbonyl (C=O) groups is 1. The zero-order valence-corrected chi connectivity index (χ0v) is 12.5. The van der Waals surface area contributed by atoms with Crippen LogP contribution in [-0.2, 0) is 19.5 Å². The summed E-state index contributed by atoms with van der Waals surface area (Å²) in [5.74, 6) is 0.425. The first-order chi connectivity index (χ1) is 11.3. The smallest absolute Gasteiger partial charge is 0.271 e. The van der Waals surface area contributed by atoms with Crippen LogP contribution < -0.4 is 5.32 Å². The summed E-state index contributed by atoms with van der Waals surface area (Å²) in [5.41, 5.74) is 1.53. The van der Waals surface area contributed by atoms with E-state index in [4.69, 9.17) is 0 Å². The monoisotopic (exact) mass is 308 g/mol. The Balaban J connectivity index is 1.57. The van der Waals surface area contributed by atoms with Crippen molar-refractivity contribution in [1.82, 2.24) is 30.0 Å². The largest absolute Gasteiger partial charge is 0.343 e. The van der Waals surface area contributed by atoms with Crippen molar-refractivity contribution in [2.75, 3.05) is 0 Å². The lowest BCUT2D eigenvalue weighted by Crippen LogP contribution is -2.25. The minimum atomic E-state index is -0.282. The second-order valence-electron chi connectivity index (χ2n) is 4.95. The van der Waals surface area contributed by atoms with Crippen molar-refractivity contribution in [1.29, 1.82) is 0 Å². The number of hydrogen-bond donors (Lipinski definition) is 1. The molecular weight excluding hydrogens is 292 g/mol. The maximum Gasteiger partial charge on any atom is 0.271 e. The van der Waals surface area contributed by atoms with Crippen LogP contribution in [0.5, 0.6) is 0 Å². The lowest BCUT2D eigenvalue weighted by molar-refractivity contribution is 0.0944. The van der Waals surface area contributed by atoms with Crippen molar-refractivity contribution in [3.63, 3.8) is 0 Å². The molecule has 2 aromatic heterocycles. The van der Waals surface area contributed by atoms with Crippen LogP contribution in [-0.4, -0.2) is 30.6 Å². The summed E-state index contributed by atoms with van der Waals surface area (Å²) < 4.78 is 1.93. The van der Waals surface area contributed by atoms with E-state index in [9.17, 15) is 4.79 Å². The fourth-order valence-corrected chi connectivity index (χ4v) is 2.16. The molecule has 3 rings (SSSR count). The van der Waals surface area contributed by atoms with Crippen molar-refractivity contribution in [2.45, 2.75) is 19.5 Å². The minimum Gasteiger partial charge on any atom is -0.343 e. The molecule has 7 heteroatoms. The lowest BCUT2D eigenvalue weighted by Gasteiger charge is -2.07. The first kappa shape index (κ1) is 14.8. The highest BCUT2D eigenvalue weighted by molar-refractivity contribution is 5.91. The van der Waals surface area contributed by atoms with Crippen molar-refractivity contribution in [2.24, 2.45) is 0 Å². The SMILES string of the molecule is O=C(NCc1nncn1CCc1ccccc1)c1cnccn1. The van der Waals surface area contributed by atoms with Crippen LogP contribution >= 0.6 is 0 Å². The van der Waals surface area contributed by atoms with Gasteiger partial charge in [-0.05, 0) is 12.0 Å². The van der Waals surface area contributed by atoms with Gasteiger partial charge in [0.1, 0.15) is 12.0 Å². The van der Waals surface area contributed by atoms with Crippen LogP contribution in [0.4, 0.5) is 0 Å². The van der Waals surface area contributed by atoms with Crippen LogP contribution in [0, 0.1) is 0 Å². The van der Waals surface area contributed by atoms with E-state index in [0.29, 0.717) is 12.4 Å². The van der Waals surface area contributed by atoms with Crippen LogP contribution in [0.1, 0.15) is 21.9 Å². The average Bonchev–Trinajstić information content (AvgIpc) is 3.07. The molecule has 0 radical (unpaired) electrons. The molecule has 3 aromatic rings. The molecule has 0 unspecified atom stereocenters. The fourth-order valence-electron chi connectivity index (χ4n) is 2.16. The molecule has 1 amide bonds. The van der Waals surface area contributed by atoms with Gasteiger partial charge in [-0.25, -0.2) is 4.98 Å². The first-order valence-electron chi connectivity index (χ1n) is 7.28. The van der Waals surface area contributed by atoms with Crippen molar-refractivity contribution < 1.29 is 4.79 Å². The van der Waals surface area contributed by atoms with Crippen LogP contribution in [0.15, 0.2) is 55.2 Å². The topological polar surface area (TPSA) is 85.6 Å². The molecule has 2 heterocycles. The lowest BCUT2D eigenvalue weighted by atomic mass is 10.1. The van der Waals surface area contributed by atoms with Crippen LogP contribution in [0.25, 0.3) is 0 Å². The molecule has 7 nitrogen and oxygen atoms in total. The van der Waals surface area contributed by atoms with Gasteiger partial charge in [0.25, 0.3) is 5.91 Å². The van der Waals surface area contributed by atoms with E-state index in [2.05, 4.69) is 37.6 Å². The summed E-state index contributed by atoms with van der Waals surface area (Å²) in [6.45, 7) is 1.05. The Kier molecular flexibility index (Phi) is 4.68. The number of rotatable bonds is 6. The number of carbonyl (C=O) groups excluding carboxylic acids is 1. The Hall–Kier alpha value is -3.09.